The predicted octanol–water partition coefficient (Wildman–Crippen LogP) is 11.5. The Balaban J connectivity index is 1.45. The lowest BCUT2D eigenvalue weighted by atomic mass is 9.86. The highest BCUT2D eigenvalue weighted by molar-refractivity contribution is 6.39. The summed E-state index contributed by atoms with van der Waals surface area (Å²) in [7, 11) is 0. The molecule has 0 spiro atoms. The number of allylic oxidation sites excluding steroid dienone is 2. The molecule has 0 aromatic heterocycles. The maximum absolute atomic E-state index is 2.44. The summed E-state index contributed by atoms with van der Waals surface area (Å²) in [5.41, 5.74) is 13.3. The van der Waals surface area contributed by atoms with Crippen molar-refractivity contribution in [1.82, 2.24) is 0 Å². The van der Waals surface area contributed by atoms with Crippen LogP contribution >= 0.6 is 0 Å². The lowest BCUT2D eigenvalue weighted by Crippen LogP contribution is -1.95. The van der Waals surface area contributed by atoms with Gasteiger partial charge >= 0.3 is 0 Å². The van der Waals surface area contributed by atoms with Gasteiger partial charge in [-0.05, 0) is 117 Å². The quantitative estimate of drug-likeness (QED) is 0.186. The van der Waals surface area contributed by atoms with Crippen LogP contribution in [0.5, 0.6) is 0 Å². The van der Waals surface area contributed by atoms with Crippen molar-refractivity contribution in [2.45, 2.75) is 0 Å². The molecule has 0 nitrogen and oxygen atoms in total. The maximum atomic E-state index is 2.44. The van der Waals surface area contributed by atoms with Gasteiger partial charge in [-0.2, -0.15) is 0 Å². The lowest BCUT2D eigenvalue weighted by Gasteiger charge is -2.16. The second-order valence-corrected chi connectivity index (χ2v) is 12.0. The average molecular weight is 555 g/mol. The predicted molar refractivity (Wildman–Crippen MR) is 188 cm³/mol. The molecular formula is C44H26. The van der Waals surface area contributed by atoms with E-state index >= 15 is 0 Å². The number of rotatable bonds is 2. The van der Waals surface area contributed by atoms with Crippen LogP contribution in [0.15, 0.2) is 158 Å². The van der Waals surface area contributed by atoms with Gasteiger partial charge in [0.05, 0.1) is 0 Å². The van der Waals surface area contributed by atoms with Crippen LogP contribution in [0, 0.1) is 0 Å². The number of benzene rings is 8. The largest absolute Gasteiger partial charge is 0.0622 e. The molecule has 0 atom stereocenters. The molecule has 8 aromatic rings. The molecule has 2 aliphatic carbocycles. The zero-order valence-corrected chi connectivity index (χ0v) is 24.0. The molecule has 8 aromatic carbocycles. The third-order valence-electron chi connectivity index (χ3n) is 9.72. The van der Waals surface area contributed by atoms with Crippen molar-refractivity contribution in [1.29, 1.82) is 0 Å². The van der Waals surface area contributed by atoms with Crippen molar-refractivity contribution >= 4 is 65.4 Å². The van der Waals surface area contributed by atoms with Crippen molar-refractivity contribution < 1.29 is 0 Å². The third-order valence-corrected chi connectivity index (χ3v) is 9.72. The highest BCUT2D eigenvalue weighted by Crippen LogP contribution is 2.61. The molecule has 0 heterocycles. The summed E-state index contributed by atoms with van der Waals surface area (Å²) in [5.74, 6) is 0. The van der Waals surface area contributed by atoms with Crippen molar-refractivity contribution in [3.8, 4) is 0 Å². The molecule has 0 amide bonds. The van der Waals surface area contributed by atoms with Gasteiger partial charge in [0.1, 0.15) is 0 Å². The van der Waals surface area contributed by atoms with Crippen LogP contribution in [-0.4, -0.2) is 0 Å². The maximum Gasteiger partial charge on any atom is -0.000137 e. The standard InChI is InChI=1S/C44H26/c1-2-13-28(14-3-1)40-38-24-29-15-4-5-16-30(29)25-39(38)43-42(36-23-22-27-12-6-9-19-33(27)41(36)44(40)43)37-26-31-17-7-8-18-32(31)34-20-10-11-21-35(34)37/h1-26H. The van der Waals surface area contributed by atoms with E-state index in [0.717, 1.165) is 0 Å². The molecule has 202 valence electrons. The average Bonchev–Trinajstić information content (AvgIpc) is 3.59. The van der Waals surface area contributed by atoms with E-state index in [1.807, 2.05) is 0 Å². The van der Waals surface area contributed by atoms with Gasteiger partial charge in [-0.3, -0.25) is 0 Å². The highest BCUT2D eigenvalue weighted by Gasteiger charge is 2.39. The Morgan fingerprint density at radius 2 is 0.795 bits per heavy atom. The van der Waals surface area contributed by atoms with E-state index in [4.69, 9.17) is 0 Å². The molecule has 10 rings (SSSR count). The molecule has 2 aliphatic rings. The third kappa shape index (κ3) is 3.17. The minimum Gasteiger partial charge on any atom is -0.0622 e. The van der Waals surface area contributed by atoms with Crippen molar-refractivity contribution in [2.75, 3.05) is 0 Å². The fourth-order valence-electron chi connectivity index (χ4n) is 7.89. The van der Waals surface area contributed by atoms with E-state index in [2.05, 4.69) is 158 Å². The molecule has 0 N–H and O–H groups in total. The van der Waals surface area contributed by atoms with Crippen LogP contribution in [0.2, 0.25) is 0 Å². The van der Waals surface area contributed by atoms with Crippen LogP contribution in [-0.2, 0) is 0 Å². The smallest absolute Gasteiger partial charge is 0.000137 e. The van der Waals surface area contributed by atoms with Gasteiger partial charge in [0, 0.05) is 0 Å². The topological polar surface area (TPSA) is 0 Å². The van der Waals surface area contributed by atoms with Gasteiger partial charge in [0.2, 0.25) is 0 Å². The lowest BCUT2D eigenvalue weighted by molar-refractivity contribution is 1.56. The summed E-state index contributed by atoms with van der Waals surface area (Å²) in [6.07, 6.45) is 0. The summed E-state index contributed by atoms with van der Waals surface area (Å²) in [6, 6.07) is 58.4. The van der Waals surface area contributed by atoms with Crippen LogP contribution < -0.4 is 0 Å². The summed E-state index contributed by atoms with van der Waals surface area (Å²) in [6.45, 7) is 0. The minimum atomic E-state index is 1.26. The van der Waals surface area contributed by atoms with E-state index in [-0.39, 0.29) is 0 Å². The molecule has 0 unspecified atom stereocenters. The number of hydrogen-bond acceptors (Lipinski definition) is 0. The Morgan fingerprint density at radius 1 is 0.250 bits per heavy atom. The molecule has 0 saturated carbocycles. The molecular weight excluding hydrogens is 528 g/mol. The summed E-state index contributed by atoms with van der Waals surface area (Å²) < 4.78 is 0. The van der Waals surface area contributed by atoms with E-state index in [9.17, 15) is 0 Å². The van der Waals surface area contributed by atoms with E-state index in [0.29, 0.717) is 0 Å². The van der Waals surface area contributed by atoms with Gasteiger partial charge in [0.15, 0.2) is 0 Å². The first kappa shape index (κ1) is 23.8. The Hall–Kier alpha value is -5.72. The summed E-state index contributed by atoms with van der Waals surface area (Å²) >= 11 is 0. The van der Waals surface area contributed by atoms with Crippen LogP contribution in [0.1, 0.15) is 33.4 Å². The number of fused-ring (bicyclic) bond motifs is 11. The first-order valence-corrected chi connectivity index (χ1v) is 15.4. The van der Waals surface area contributed by atoms with Crippen LogP contribution in [0.3, 0.4) is 0 Å². The number of hydrogen-bond donors (Lipinski definition) is 0. The first-order chi connectivity index (χ1) is 21.8. The first-order valence-electron chi connectivity index (χ1n) is 15.4. The molecule has 0 heteroatoms. The van der Waals surface area contributed by atoms with Crippen LogP contribution in [0.25, 0.3) is 65.4 Å². The molecule has 0 aliphatic heterocycles. The Labute approximate surface area is 255 Å². The Bertz CT molecular complexity index is 2580. The zero-order chi connectivity index (χ0) is 28.8. The summed E-state index contributed by atoms with van der Waals surface area (Å²) in [5, 5.41) is 10.3. The Kier molecular flexibility index (Phi) is 4.81. The van der Waals surface area contributed by atoms with Gasteiger partial charge in [-0.15, -0.1) is 0 Å². The van der Waals surface area contributed by atoms with E-state index < -0.39 is 0 Å². The van der Waals surface area contributed by atoms with Gasteiger partial charge < -0.3 is 0 Å². The van der Waals surface area contributed by atoms with Crippen molar-refractivity contribution in [2.24, 2.45) is 0 Å². The molecule has 0 bridgehead atoms. The second kappa shape index (κ2) is 8.89. The van der Waals surface area contributed by atoms with Crippen LogP contribution in [0.4, 0.5) is 0 Å². The molecule has 0 saturated heterocycles. The fraction of sp³-hybridized carbons (Fsp3) is 0. The summed E-state index contributed by atoms with van der Waals surface area (Å²) in [4.78, 5) is 0. The highest BCUT2D eigenvalue weighted by atomic mass is 14.4. The minimum absolute atomic E-state index is 1.26. The Morgan fingerprint density at radius 3 is 1.55 bits per heavy atom. The van der Waals surface area contributed by atoms with Gasteiger partial charge in [-0.25, -0.2) is 0 Å². The van der Waals surface area contributed by atoms with Gasteiger partial charge in [-0.1, -0.05) is 140 Å². The van der Waals surface area contributed by atoms with E-state index in [1.54, 1.807) is 0 Å². The molecule has 0 fully saturated rings. The van der Waals surface area contributed by atoms with E-state index in [1.165, 1.54) is 98.8 Å². The zero-order valence-electron chi connectivity index (χ0n) is 24.0. The van der Waals surface area contributed by atoms with Gasteiger partial charge in [0.25, 0.3) is 0 Å². The molecule has 44 heavy (non-hydrogen) atoms. The SMILES string of the molecule is c1ccc(C2=C3C(=C(c4cc5ccccc5c5ccccc45)c4ccc5ccccc5c43)c3cc4ccccc4cc32)cc1. The van der Waals surface area contributed by atoms with Crippen molar-refractivity contribution in [3.63, 3.8) is 0 Å². The molecule has 0 radical (unpaired) electrons. The second-order valence-electron chi connectivity index (χ2n) is 12.0. The monoisotopic (exact) mass is 554 g/mol. The fourth-order valence-corrected chi connectivity index (χ4v) is 7.89. The van der Waals surface area contributed by atoms with Crippen molar-refractivity contribution in [3.05, 3.63) is 191 Å². The normalized spacial score (nSPS) is 13.7.